The van der Waals surface area contributed by atoms with Crippen molar-refractivity contribution in [2.24, 2.45) is 0 Å². The van der Waals surface area contributed by atoms with E-state index in [0.717, 1.165) is 30.0 Å². The van der Waals surface area contributed by atoms with Crippen molar-refractivity contribution in [2.75, 3.05) is 13.1 Å². The van der Waals surface area contributed by atoms with Gasteiger partial charge in [-0.15, -0.1) is 10.2 Å². The van der Waals surface area contributed by atoms with Crippen molar-refractivity contribution < 1.29 is 9.18 Å². The lowest BCUT2D eigenvalue weighted by atomic mass is 9.98. The van der Waals surface area contributed by atoms with Crippen molar-refractivity contribution >= 4 is 17.2 Å². The van der Waals surface area contributed by atoms with E-state index in [9.17, 15) is 9.18 Å². The Morgan fingerprint density at radius 1 is 1.11 bits per heavy atom. The summed E-state index contributed by atoms with van der Waals surface area (Å²) in [6.07, 6.45) is 2.34. The number of amides is 1. The topological polar surface area (TPSA) is 46.1 Å². The van der Waals surface area contributed by atoms with Crippen molar-refractivity contribution in [2.45, 2.75) is 25.2 Å². The number of hydrogen-bond acceptors (Lipinski definition) is 4. The third kappa shape index (κ3) is 4.06. The van der Waals surface area contributed by atoms with E-state index in [1.165, 1.54) is 17.4 Å². The van der Waals surface area contributed by atoms with E-state index in [4.69, 9.17) is 0 Å². The summed E-state index contributed by atoms with van der Waals surface area (Å²) in [5.74, 6) is 0.0183. The first-order valence-corrected chi connectivity index (χ1v) is 9.92. The van der Waals surface area contributed by atoms with Crippen LogP contribution in [0.2, 0.25) is 0 Å². The zero-order chi connectivity index (χ0) is 18.6. The SMILES string of the molecule is O=C(Cc1ccccc1)N1CCCC(c2nnc(-c3ccccc3F)s2)C1. The Hall–Kier alpha value is -2.60. The van der Waals surface area contributed by atoms with E-state index in [0.29, 0.717) is 23.5 Å². The molecule has 2 aromatic carbocycles. The molecule has 0 saturated carbocycles. The van der Waals surface area contributed by atoms with Crippen LogP contribution in [-0.4, -0.2) is 34.1 Å². The first-order chi connectivity index (χ1) is 13.2. The summed E-state index contributed by atoms with van der Waals surface area (Å²) in [5.41, 5.74) is 1.51. The van der Waals surface area contributed by atoms with E-state index in [-0.39, 0.29) is 17.6 Å². The molecule has 1 aliphatic heterocycles. The Bertz CT molecular complexity index is 928. The average molecular weight is 381 g/mol. The molecule has 1 aliphatic rings. The first-order valence-electron chi connectivity index (χ1n) is 9.10. The van der Waals surface area contributed by atoms with E-state index in [1.54, 1.807) is 18.2 Å². The number of rotatable bonds is 4. The third-order valence-corrected chi connectivity index (χ3v) is 5.99. The van der Waals surface area contributed by atoms with Crippen LogP contribution in [0.1, 0.15) is 29.3 Å². The number of carbonyl (C=O) groups is 1. The predicted molar refractivity (Wildman–Crippen MR) is 104 cm³/mol. The molecule has 1 fully saturated rings. The smallest absolute Gasteiger partial charge is 0.227 e. The summed E-state index contributed by atoms with van der Waals surface area (Å²) in [4.78, 5) is 14.6. The highest BCUT2D eigenvalue weighted by Crippen LogP contribution is 2.33. The van der Waals surface area contributed by atoms with Crippen LogP contribution in [0.15, 0.2) is 54.6 Å². The molecule has 2 heterocycles. The number of hydrogen-bond donors (Lipinski definition) is 0. The van der Waals surface area contributed by atoms with Gasteiger partial charge in [-0.2, -0.15) is 0 Å². The van der Waals surface area contributed by atoms with Crippen LogP contribution in [0.3, 0.4) is 0 Å². The van der Waals surface area contributed by atoms with Crippen LogP contribution in [0.25, 0.3) is 10.6 Å². The Kier molecular flexibility index (Phi) is 5.25. The van der Waals surface area contributed by atoms with Gasteiger partial charge >= 0.3 is 0 Å². The molecule has 1 aromatic heterocycles. The molecular weight excluding hydrogens is 361 g/mol. The maximum absolute atomic E-state index is 14.0. The van der Waals surface area contributed by atoms with E-state index >= 15 is 0 Å². The van der Waals surface area contributed by atoms with Gasteiger partial charge in [-0.25, -0.2) is 4.39 Å². The highest BCUT2D eigenvalue weighted by Gasteiger charge is 2.27. The summed E-state index contributed by atoms with van der Waals surface area (Å²) in [6.45, 7) is 1.43. The maximum atomic E-state index is 14.0. The second-order valence-electron chi connectivity index (χ2n) is 6.77. The molecule has 3 aromatic rings. The molecule has 27 heavy (non-hydrogen) atoms. The van der Waals surface area contributed by atoms with Gasteiger partial charge in [-0.05, 0) is 30.5 Å². The fourth-order valence-electron chi connectivity index (χ4n) is 3.43. The number of benzene rings is 2. The minimum absolute atomic E-state index is 0.143. The number of likely N-dealkylation sites (tertiary alicyclic amines) is 1. The first kappa shape index (κ1) is 17.8. The number of piperidine rings is 1. The lowest BCUT2D eigenvalue weighted by Gasteiger charge is -2.31. The molecule has 1 amide bonds. The van der Waals surface area contributed by atoms with Crippen molar-refractivity contribution in [3.8, 4) is 10.6 Å². The van der Waals surface area contributed by atoms with Gasteiger partial charge in [0.1, 0.15) is 10.8 Å². The monoisotopic (exact) mass is 381 g/mol. The number of nitrogens with zero attached hydrogens (tertiary/aromatic N) is 3. The molecule has 1 saturated heterocycles. The number of halogens is 1. The Morgan fingerprint density at radius 2 is 1.89 bits per heavy atom. The zero-order valence-electron chi connectivity index (χ0n) is 14.8. The van der Waals surface area contributed by atoms with Gasteiger partial charge in [0.15, 0.2) is 5.01 Å². The minimum atomic E-state index is -0.288. The standard InChI is InChI=1S/C21H20FN3OS/c22-18-11-5-4-10-17(18)21-24-23-20(27-21)16-9-6-12-25(14-16)19(26)13-15-7-2-1-3-8-15/h1-5,7-8,10-11,16H,6,9,12-14H2. The van der Waals surface area contributed by atoms with Crippen LogP contribution >= 0.6 is 11.3 Å². The molecule has 6 heteroatoms. The van der Waals surface area contributed by atoms with E-state index in [1.807, 2.05) is 35.2 Å². The molecule has 4 rings (SSSR count). The summed E-state index contributed by atoms with van der Waals surface area (Å²) in [6, 6.07) is 16.4. The van der Waals surface area contributed by atoms with Gasteiger partial charge in [0, 0.05) is 24.6 Å². The van der Waals surface area contributed by atoms with Crippen molar-refractivity contribution in [3.63, 3.8) is 0 Å². The van der Waals surface area contributed by atoms with Gasteiger partial charge in [0.05, 0.1) is 6.42 Å². The summed E-state index contributed by atoms with van der Waals surface area (Å²) in [5, 5.41) is 9.96. The Morgan fingerprint density at radius 3 is 2.70 bits per heavy atom. The van der Waals surface area contributed by atoms with Crippen molar-refractivity contribution in [1.29, 1.82) is 0 Å². The second-order valence-corrected chi connectivity index (χ2v) is 7.78. The minimum Gasteiger partial charge on any atom is -0.342 e. The van der Waals surface area contributed by atoms with Crippen LogP contribution in [0.4, 0.5) is 4.39 Å². The van der Waals surface area contributed by atoms with Crippen molar-refractivity contribution in [1.82, 2.24) is 15.1 Å². The highest BCUT2D eigenvalue weighted by molar-refractivity contribution is 7.14. The van der Waals surface area contributed by atoms with Crippen LogP contribution in [0.5, 0.6) is 0 Å². The van der Waals surface area contributed by atoms with Gasteiger partial charge in [-0.3, -0.25) is 4.79 Å². The van der Waals surface area contributed by atoms with E-state index in [2.05, 4.69) is 10.2 Å². The largest absolute Gasteiger partial charge is 0.342 e. The quantitative estimate of drug-likeness (QED) is 0.677. The number of aromatic nitrogens is 2. The fourth-order valence-corrected chi connectivity index (χ4v) is 4.43. The molecule has 0 aliphatic carbocycles. The lowest BCUT2D eigenvalue weighted by molar-refractivity contribution is -0.131. The average Bonchev–Trinajstić information content (AvgIpc) is 3.19. The van der Waals surface area contributed by atoms with Crippen LogP contribution < -0.4 is 0 Å². The second kappa shape index (κ2) is 7.96. The fraction of sp³-hybridized carbons (Fsp3) is 0.286. The summed E-state index contributed by atoms with van der Waals surface area (Å²) >= 11 is 1.42. The molecule has 0 radical (unpaired) electrons. The van der Waals surface area contributed by atoms with Crippen molar-refractivity contribution in [3.05, 3.63) is 71.0 Å². The van der Waals surface area contributed by atoms with Gasteiger partial charge in [0.2, 0.25) is 5.91 Å². The van der Waals surface area contributed by atoms with Crippen LogP contribution in [0, 0.1) is 5.82 Å². The van der Waals surface area contributed by atoms with Gasteiger partial charge < -0.3 is 4.90 Å². The molecule has 0 bridgehead atoms. The normalized spacial score (nSPS) is 17.1. The zero-order valence-corrected chi connectivity index (χ0v) is 15.7. The molecular formula is C21H20FN3OS. The van der Waals surface area contributed by atoms with Gasteiger partial charge in [-0.1, -0.05) is 53.8 Å². The lowest BCUT2D eigenvalue weighted by Crippen LogP contribution is -2.39. The Balaban J connectivity index is 1.46. The molecule has 1 atom stereocenters. The third-order valence-electron chi connectivity index (χ3n) is 4.87. The molecule has 138 valence electrons. The summed E-state index contributed by atoms with van der Waals surface area (Å²) < 4.78 is 14.0. The molecule has 0 N–H and O–H groups in total. The highest BCUT2D eigenvalue weighted by atomic mass is 32.1. The predicted octanol–water partition coefficient (Wildman–Crippen LogP) is 4.29. The van der Waals surface area contributed by atoms with Gasteiger partial charge in [0.25, 0.3) is 0 Å². The summed E-state index contributed by atoms with van der Waals surface area (Å²) in [7, 11) is 0. The van der Waals surface area contributed by atoms with Crippen LogP contribution in [-0.2, 0) is 11.2 Å². The Labute approximate surface area is 161 Å². The number of carbonyl (C=O) groups excluding carboxylic acids is 1. The molecule has 4 nitrogen and oxygen atoms in total. The molecule has 1 unspecified atom stereocenters. The maximum Gasteiger partial charge on any atom is 0.227 e. The molecule has 0 spiro atoms. The van der Waals surface area contributed by atoms with E-state index < -0.39 is 0 Å².